The summed E-state index contributed by atoms with van der Waals surface area (Å²) in [6.07, 6.45) is 1.60. The first-order valence-electron chi connectivity index (χ1n) is 8.13. The molecule has 0 atom stereocenters. The molecular weight excluding hydrogens is 320 g/mol. The third-order valence-electron chi connectivity index (χ3n) is 4.13. The Morgan fingerprint density at radius 2 is 1.68 bits per heavy atom. The average Bonchev–Trinajstić information content (AvgIpc) is 2.69. The lowest BCUT2D eigenvalue weighted by molar-refractivity contribution is 0.0666. The molecule has 0 aliphatic carbocycles. The molecule has 1 fully saturated rings. The molecule has 7 heteroatoms. The molecule has 1 saturated heterocycles. The fraction of sp³-hybridized carbons (Fsp3) is 0.278. The first-order chi connectivity index (χ1) is 12.2. The summed E-state index contributed by atoms with van der Waals surface area (Å²) < 4.78 is 0. The van der Waals surface area contributed by atoms with Crippen molar-refractivity contribution in [2.75, 3.05) is 31.5 Å². The van der Waals surface area contributed by atoms with Crippen LogP contribution < -0.4 is 5.32 Å². The van der Waals surface area contributed by atoms with Crippen LogP contribution in [0.5, 0.6) is 0 Å². The number of hydrogen-bond acceptors (Lipinski definition) is 4. The number of rotatable bonds is 3. The summed E-state index contributed by atoms with van der Waals surface area (Å²) in [5.41, 5.74) is 1.89. The highest BCUT2D eigenvalue weighted by Gasteiger charge is 2.25. The summed E-state index contributed by atoms with van der Waals surface area (Å²) in [4.78, 5) is 32.1. The lowest BCUT2D eigenvalue weighted by atomic mass is 10.2. The third kappa shape index (κ3) is 4.13. The van der Waals surface area contributed by atoms with Crippen molar-refractivity contribution < 1.29 is 14.7 Å². The highest BCUT2D eigenvalue weighted by molar-refractivity contribution is 5.93. The van der Waals surface area contributed by atoms with E-state index in [1.165, 1.54) is 0 Å². The largest absolute Gasteiger partial charge is 0.392 e. The Morgan fingerprint density at radius 3 is 2.28 bits per heavy atom. The Bertz CT molecular complexity index is 726. The van der Waals surface area contributed by atoms with Crippen molar-refractivity contribution in [1.82, 2.24) is 14.8 Å². The fourth-order valence-electron chi connectivity index (χ4n) is 2.66. The summed E-state index contributed by atoms with van der Waals surface area (Å²) in [7, 11) is 0. The molecule has 2 aromatic rings. The van der Waals surface area contributed by atoms with Crippen molar-refractivity contribution in [2.24, 2.45) is 0 Å². The van der Waals surface area contributed by atoms with Gasteiger partial charge >= 0.3 is 6.03 Å². The van der Waals surface area contributed by atoms with E-state index >= 15 is 0 Å². The van der Waals surface area contributed by atoms with Crippen LogP contribution in [0.2, 0.25) is 0 Å². The van der Waals surface area contributed by atoms with Gasteiger partial charge in [0.25, 0.3) is 5.91 Å². The van der Waals surface area contributed by atoms with Crippen LogP contribution in [0.3, 0.4) is 0 Å². The Balaban J connectivity index is 1.53. The van der Waals surface area contributed by atoms with Gasteiger partial charge in [-0.2, -0.15) is 0 Å². The molecule has 0 saturated carbocycles. The number of nitrogens with one attached hydrogen (secondary N) is 1. The zero-order valence-corrected chi connectivity index (χ0v) is 13.8. The number of aliphatic hydroxyl groups is 1. The first kappa shape index (κ1) is 16.9. The molecule has 1 aromatic heterocycles. The smallest absolute Gasteiger partial charge is 0.321 e. The van der Waals surface area contributed by atoms with Crippen molar-refractivity contribution in [2.45, 2.75) is 6.61 Å². The highest BCUT2D eigenvalue weighted by Crippen LogP contribution is 2.12. The quantitative estimate of drug-likeness (QED) is 0.888. The molecule has 2 heterocycles. The van der Waals surface area contributed by atoms with E-state index in [4.69, 9.17) is 5.11 Å². The van der Waals surface area contributed by atoms with Crippen molar-refractivity contribution >= 4 is 17.6 Å². The molecule has 2 N–H and O–H groups in total. The molecule has 0 radical (unpaired) electrons. The van der Waals surface area contributed by atoms with Crippen LogP contribution in [0.1, 0.15) is 16.1 Å². The molecule has 25 heavy (non-hydrogen) atoms. The second-order valence-corrected chi connectivity index (χ2v) is 5.78. The molecule has 0 spiro atoms. The normalized spacial score (nSPS) is 14.3. The number of aromatic nitrogens is 1. The van der Waals surface area contributed by atoms with E-state index in [2.05, 4.69) is 10.3 Å². The minimum Gasteiger partial charge on any atom is -0.392 e. The van der Waals surface area contributed by atoms with E-state index in [-0.39, 0.29) is 18.5 Å². The van der Waals surface area contributed by atoms with E-state index < -0.39 is 0 Å². The molecule has 0 unspecified atom stereocenters. The van der Waals surface area contributed by atoms with Gasteiger partial charge in [0.1, 0.15) is 5.69 Å². The molecule has 1 aliphatic heterocycles. The van der Waals surface area contributed by atoms with Crippen molar-refractivity contribution in [1.29, 1.82) is 0 Å². The second kappa shape index (κ2) is 7.76. The fourth-order valence-corrected chi connectivity index (χ4v) is 2.66. The topological polar surface area (TPSA) is 85.8 Å². The number of aliphatic hydroxyl groups excluding tert-OH is 1. The van der Waals surface area contributed by atoms with Crippen LogP contribution in [0.15, 0.2) is 48.7 Å². The molecule has 7 nitrogen and oxygen atoms in total. The van der Waals surface area contributed by atoms with Gasteiger partial charge in [0.15, 0.2) is 0 Å². The van der Waals surface area contributed by atoms with E-state index in [1.807, 2.05) is 0 Å². The Hall–Kier alpha value is -2.93. The van der Waals surface area contributed by atoms with Crippen molar-refractivity contribution in [3.63, 3.8) is 0 Å². The van der Waals surface area contributed by atoms with Gasteiger partial charge in [-0.1, -0.05) is 18.2 Å². The number of carbonyl (C=O) groups excluding carboxylic acids is 2. The minimum absolute atomic E-state index is 0.0273. The van der Waals surface area contributed by atoms with Crippen molar-refractivity contribution in [3.8, 4) is 0 Å². The van der Waals surface area contributed by atoms with Gasteiger partial charge in [0.05, 0.1) is 6.61 Å². The average molecular weight is 340 g/mol. The number of hydrogen-bond donors (Lipinski definition) is 2. The van der Waals surface area contributed by atoms with Gasteiger partial charge in [-0.15, -0.1) is 0 Å². The first-order valence-corrected chi connectivity index (χ1v) is 8.13. The van der Waals surface area contributed by atoms with E-state index in [0.717, 1.165) is 5.56 Å². The molecule has 130 valence electrons. The summed E-state index contributed by atoms with van der Waals surface area (Å²) in [5.74, 6) is -0.111. The summed E-state index contributed by atoms with van der Waals surface area (Å²) >= 11 is 0. The standard InChI is InChI=1S/C18H20N4O3/c23-13-14-4-6-15(7-5-14)20-18(25)22-11-9-21(10-12-22)17(24)16-3-1-2-8-19-16/h1-8,23H,9-13H2,(H,20,25). The van der Waals surface area contributed by atoms with Gasteiger partial charge in [0, 0.05) is 38.1 Å². The minimum atomic E-state index is -0.193. The van der Waals surface area contributed by atoms with Crippen LogP contribution in [0, 0.1) is 0 Å². The highest BCUT2D eigenvalue weighted by atomic mass is 16.3. The molecule has 0 bridgehead atoms. The summed E-state index contributed by atoms with van der Waals surface area (Å²) in [6.45, 7) is 1.87. The SMILES string of the molecule is O=C(Nc1ccc(CO)cc1)N1CCN(C(=O)c2ccccn2)CC1. The van der Waals surface area contributed by atoms with Crippen LogP contribution in [-0.2, 0) is 6.61 Å². The van der Waals surface area contributed by atoms with Crippen molar-refractivity contribution in [3.05, 3.63) is 59.9 Å². The van der Waals surface area contributed by atoms with Crippen LogP contribution in [-0.4, -0.2) is 58.0 Å². The number of nitrogens with zero attached hydrogens (tertiary/aromatic N) is 3. The second-order valence-electron chi connectivity index (χ2n) is 5.78. The number of piperazine rings is 1. The Labute approximate surface area is 145 Å². The molecule has 3 amide bonds. The third-order valence-corrected chi connectivity index (χ3v) is 4.13. The number of pyridine rings is 1. The van der Waals surface area contributed by atoms with Crippen LogP contribution in [0.25, 0.3) is 0 Å². The zero-order valence-electron chi connectivity index (χ0n) is 13.8. The van der Waals surface area contributed by atoms with Gasteiger partial charge in [0.2, 0.25) is 0 Å². The van der Waals surface area contributed by atoms with Gasteiger partial charge in [-0.05, 0) is 29.8 Å². The number of urea groups is 1. The molecular formula is C18H20N4O3. The predicted molar refractivity (Wildman–Crippen MR) is 93.1 cm³/mol. The number of carbonyl (C=O) groups is 2. The Kier molecular flexibility index (Phi) is 5.25. The van der Waals surface area contributed by atoms with Crippen LogP contribution >= 0.6 is 0 Å². The lowest BCUT2D eigenvalue weighted by Gasteiger charge is -2.34. The van der Waals surface area contributed by atoms with E-state index in [9.17, 15) is 9.59 Å². The number of anilines is 1. The summed E-state index contributed by atoms with van der Waals surface area (Å²) in [5, 5.41) is 11.9. The maximum atomic E-state index is 12.4. The van der Waals surface area contributed by atoms with E-state index in [1.54, 1.807) is 58.5 Å². The number of benzene rings is 1. The number of amides is 3. The lowest BCUT2D eigenvalue weighted by Crippen LogP contribution is -2.51. The maximum absolute atomic E-state index is 12.4. The maximum Gasteiger partial charge on any atom is 0.321 e. The van der Waals surface area contributed by atoms with E-state index in [0.29, 0.717) is 37.6 Å². The molecule has 1 aliphatic rings. The Morgan fingerprint density at radius 1 is 1.00 bits per heavy atom. The monoisotopic (exact) mass is 340 g/mol. The van der Waals surface area contributed by atoms with Gasteiger partial charge in [-0.25, -0.2) is 4.79 Å². The van der Waals surface area contributed by atoms with Gasteiger partial charge < -0.3 is 20.2 Å². The molecule has 1 aromatic carbocycles. The zero-order chi connectivity index (χ0) is 17.6. The predicted octanol–water partition coefficient (Wildman–Crippen LogP) is 1.56. The summed E-state index contributed by atoms with van der Waals surface area (Å²) in [6, 6.07) is 12.1. The van der Waals surface area contributed by atoms with Gasteiger partial charge in [-0.3, -0.25) is 9.78 Å². The van der Waals surface area contributed by atoms with Crippen LogP contribution in [0.4, 0.5) is 10.5 Å². The molecule has 3 rings (SSSR count).